The molecule has 0 radical (unpaired) electrons. The maximum absolute atomic E-state index is 12.1. The minimum Gasteiger partial charge on any atom is -0.480 e. The van der Waals surface area contributed by atoms with Gasteiger partial charge in [0.1, 0.15) is 0 Å². The molecule has 9 heteroatoms. The lowest BCUT2D eigenvalue weighted by Crippen LogP contribution is -2.49. The van der Waals surface area contributed by atoms with Gasteiger partial charge >= 0.3 is 5.97 Å². The van der Waals surface area contributed by atoms with E-state index in [0.29, 0.717) is 19.4 Å². The Hall–Kier alpha value is -2.16. The third-order valence-electron chi connectivity index (χ3n) is 3.27. The molecule has 0 aromatic rings. The fourth-order valence-electron chi connectivity index (χ4n) is 2.31. The highest BCUT2D eigenvalue weighted by Gasteiger charge is 2.28. The van der Waals surface area contributed by atoms with E-state index < -0.39 is 24.3 Å². The second kappa shape index (κ2) is 7.58. The quantitative estimate of drug-likeness (QED) is 0.477. The van der Waals surface area contributed by atoms with Gasteiger partial charge in [0.2, 0.25) is 17.7 Å². The van der Waals surface area contributed by atoms with Gasteiger partial charge < -0.3 is 21.5 Å². The summed E-state index contributed by atoms with van der Waals surface area (Å²) in [7, 11) is 0. The SMILES string of the molecule is NC(=O)CN(CC(=O)O)CC(=O)N1CCCC(C(N)=O)C1. The Bertz CT molecular complexity index is 423. The van der Waals surface area contributed by atoms with Crippen molar-refractivity contribution in [3.05, 3.63) is 0 Å². The van der Waals surface area contributed by atoms with Crippen LogP contribution in [0.5, 0.6) is 0 Å². The number of carbonyl (C=O) groups excluding carboxylic acids is 3. The highest BCUT2D eigenvalue weighted by Crippen LogP contribution is 2.16. The molecule has 0 aromatic carbocycles. The summed E-state index contributed by atoms with van der Waals surface area (Å²) in [5.41, 5.74) is 10.3. The minimum absolute atomic E-state index is 0.228. The van der Waals surface area contributed by atoms with Crippen LogP contribution >= 0.6 is 0 Å². The van der Waals surface area contributed by atoms with Crippen LogP contribution in [0.1, 0.15) is 12.8 Å². The van der Waals surface area contributed by atoms with E-state index in [-0.39, 0.29) is 31.5 Å². The van der Waals surface area contributed by atoms with Crippen LogP contribution in [0.3, 0.4) is 0 Å². The zero-order chi connectivity index (χ0) is 16.0. The molecule has 1 atom stereocenters. The molecule has 0 aliphatic carbocycles. The van der Waals surface area contributed by atoms with Gasteiger partial charge in [0.15, 0.2) is 0 Å². The summed E-state index contributed by atoms with van der Waals surface area (Å²) >= 11 is 0. The van der Waals surface area contributed by atoms with Gasteiger partial charge in [-0.25, -0.2) is 0 Å². The van der Waals surface area contributed by atoms with Gasteiger partial charge in [0.25, 0.3) is 0 Å². The van der Waals surface area contributed by atoms with E-state index in [1.54, 1.807) is 0 Å². The topological polar surface area (TPSA) is 147 Å². The predicted molar refractivity (Wildman–Crippen MR) is 71.8 cm³/mol. The van der Waals surface area contributed by atoms with E-state index in [2.05, 4.69) is 0 Å². The van der Waals surface area contributed by atoms with E-state index in [4.69, 9.17) is 16.6 Å². The maximum Gasteiger partial charge on any atom is 0.317 e. The largest absolute Gasteiger partial charge is 0.480 e. The maximum atomic E-state index is 12.1. The number of likely N-dealkylation sites (tertiary alicyclic amines) is 1. The number of carboxylic acid groups (broad SMARTS) is 1. The van der Waals surface area contributed by atoms with Crippen LogP contribution < -0.4 is 11.5 Å². The molecule has 0 saturated carbocycles. The lowest BCUT2D eigenvalue weighted by atomic mass is 9.97. The smallest absolute Gasteiger partial charge is 0.317 e. The molecule has 0 aromatic heterocycles. The van der Waals surface area contributed by atoms with E-state index >= 15 is 0 Å². The van der Waals surface area contributed by atoms with Crippen LogP contribution in [0.25, 0.3) is 0 Å². The van der Waals surface area contributed by atoms with Crippen molar-refractivity contribution in [2.24, 2.45) is 17.4 Å². The normalized spacial score (nSPS) is 18.5. The molecule has 1 fully saturated rings. The first-order chi connectivity index (χ1) is 9.79. The van der Waals surface area contributed by atoms with Gasteiger partial charge in [-0.3, -0.25) is 24.1 Å². The summed E-state index contributed by atoms with van der Waals surface area (Å²) in [5.74, 6) is -3.04. The number of piperidine rings is 1. The number of hydrogen-bond acceptors (Lipinski definition) is 5. The molecule has 5 N–H and O–H groups in total. The number of amides is 3. The first-order valence-electron chi connectivity index (χ1n) is 6.59. The third-order valence-corrected chi connectivity index (χ3v) is 3.27. The predicted octanol–water partition coefficient (Wildman–Crippen LogP) is -2.42. The summed E-state index contributed by atoms with van der Waals surface area (Å²) in [6.45, 7) is -0.292. The Morgan fingerprint density at radius 1 is 1.14 bits per heavy atom. The van der Waals surface area contributed by atoms with Crippen LogP contribution in [-0.4, -0.2) is 71.3 Å². The summed E-state index contributed by atoms with van der Waals surface area (Å²) in [6.07, 6.45) is 1.30. The van der Waals surface area contributed by atoms with Crippen LogP contribution in [0.4, 0.5) is 0 Å². The van der Waals surface area contributed by atoms with Crippen LogP contribution in [0.15, 0.2) is 0 Å². The molecule has 1 rings (SSSR count). The summed E-state index contributed by atoms with van der Waals surface area (Å²) in [6, 6.07) is 0. The number of nitrogens with two attached hydrogens (primary N) is 2. The van der Waals surface area contributed by atoms with Crippen molar-refractivity contribution in [3.8, 4) is 0 Å². The Labute approximate surface area is 121 Å². The lowest BCUT2D eigenvalue weighted by Gasteiger charge is -2.32. The summed E-state index contributed by atoms with van der Waals surface area (Å²) < 4.78 is 0. The fourth-order valence-corrected chi connectivity index (χ4v) is 2.31. The zero-order valence-corrected chi connectivity index (χ0v) is 11.7. The number of primary amides is 2. The molecule has 0 bridgehead atoms. The van der Waals surface area contributed by atoms with Crippen LogP contribution in [0, 0.1) is 5.92 Å². The van der Waals surface area contributed by atoms with Gasteiger partial charge in [-0.1, -0.05) is 0 Å². The first kappa shape index (κ1) is 16.9. The molecule has 1 aliphatic heterocycles. The summed E-state index contributed by atoms with van der Waals surface area (Å²) in [4.78, 5) is 47.5. The van der Waals surface area contributed by atoms with E-state index in [1.807, 2.05) is 0 Å². The molecular weight excluding hydrogens is 280 g/mol. The zero-order valence-electron chi connectivity index (χ0n) is 11.7. The monoisotopic (exact) mass is 300 g/mol. The Morgan fingerprint density at radius 3 is 2.33 bits per heavy atom. The van der Waals surface area contributed by atoms with Crippen molar-refractivity contribution in [1.82, 2.24) is 9.80 Å². The van der Waals surface area contributed by atoms with Crippen molar-refractivity contribution >= 4 is 23.7 Å². The van der Waals surface area contributed by atoms with E-state index in [1.165, 1.54) is 4.90 Å². The van der Waals surface area contributed by atoms with Crippen LogP contribution in [0.2, 0.25) is 0 Å². The van der Waals surface area contributed by atoms with E-state index in [0.717, 1.165) is 4.90 Å². The molecular formula is C12H20N4O5. The molecule has 21 heavy (non-hydrogen) atoms. The second-order valence-corrected chi connectivity index (χ2v) is 5.09. The lowest BCUT2D eigenvalue weighted by molar-refractivity contribution is -0.140. The van der Waals surface area contributed by atoms with Gasteiger partial charge in [0.05, 0.1) is 25.6 Å². The number of rotatable bonds is 7. The average Bonchev–Trinajstić information content (AvgIpc) is 2.37. The highest BCUT2D eigenvalue weighted by molar-refractivity contribution is 5.83. The number of hydrogen-bond donors (Lipinski definition) is 3. The van der Waals surface area contributed by atoms with Gasteiger partial charge in [-0.2, -0.15) is 0 Å². The number of carbonyl (C=O) groups is 4. The van der Waals surface area contributed by atoms with Crippen molar-refractivity contribution < 1.29 is 24.3 Å². The molecule has 0 spiro atoms. The van der Waals surface area contributed by atoms with Crippen LogP contribution in [-0.2, 0) is 19.2 Å². The molecule has 1 aliphatic rings. The third kappa shape index (κ3) is 5.78. The molecule has 3 amide bonds. The molecule has 9 nitrogen and oxygen atoms in total. The Morgan fingerprint density at radius 2 is 1.81 bits per heavy atom. The van der Waals surface area contributed by atoms with Gasteiger partial charge in [-0.15, -0.1) is 0 Å². The second-order valence-electron chi connectivity index (χ2n) is 5.09. The molecule has 1 unspecified atom stereocenters. The summed E-state index contributed by atoms with van der Waals surface area (Å²) in [5, 5.41) is 8.75. The molecule has 1 heterocycles. The average molecular weight is 300 g/mol. The van der Waals surface area contributed by atoms with Crippen molar-refractivity contribution in [2.75, 3.05) is 32.7 Å². The fraction of sp³-hybridized carbons (Fsp3) is 0.667. The van der Waals surface area contributed by atoms with Gasteiger partial charge in [0, 0.05) is 13.1 Å². The van der Waals surface area contributed by atoms with Crippen molar-refractivity contribution in [3.63, 3.8) is 0 Å². The number of nitrogens with zero attached hydrogens (tertiary/aromatic N) is 2. The standard InChI is InChI=1S/C12H20N4O5/c13-9(17)5-15(7-11(19)20)6-10(18)16-3-1-2-8(4-16)12(14)21/h8H,1-7H2,(H2,13,17)(H2,14,21)(H,19,20). The number of carboxylic acids is 1. The minimum atomic E-state index is -1.15. The Kier molecular flexibility index (Phi) is 6.10. The van der Waals surface area contributed by atoms with E-state index in [9.17, 15) is 19.2 Å². The highest BCUT2D eigenvalue weighted by atomic mass is 16.4. The Balaban J connectivity index is 2.61. The van der Waals surface area contributed by atoms with Gasteiger partial charge in [-0.05, 0) is 12.8 Å². The number of aliphatic carboxylic acids is 1. The molecule has 118 valence electrons. The molecule has 1 saturated heterocycles. The van der Waals surface area contributed by atoms with Crippen molar-refractivity contribution in [1.29, 1.82) is 0 Å². The first-order valence-corrected chi connectivity index (χ1v) is 6.59. The van der Waals surface area contributed by atoms with Crippen molar-refractivity contribution in [2.45, 2.75) is 12.8 Å².